The predicted octanol–water partition coefficient (Wildman–Crippen LogP) is 9.09. The topological polar surface area (TPSA) is 210 Å². The molecule has 0 saturated carbocycles. The van der Waals surface area contributed by atoms with Gasteiger partial charge in [0.05, 0.1) is 48.7 Å². The Kier molecular flexibility index (Phi) is 28.8. The lowest BCUT2D eigenvalue weighted by Gasteiger charge is -2.06. The molecule has 0 bridgehead atoms. The molecule has 0 unspecified atom stereocenters. The second-order valence-corrected chi connectivity index (χ2v) is 15.3. The lowest BCUT2D eigenvalue weighted by atomic mass is 10.0. The van der Waals surface area contributed by atoms with E-state index >= 15 is 0 Å². The van der Waals surface area contributed by atoms with E-state index in [1.165, 1.54) is 34.8 Å². The Balaban J connectivity index is 0.000000326. The van der Waals surface area contributed by atoms with Crippen LogP contribution >= 0.6 is 0 Å². The first kappa shape index (κ1) is 59.9. The molecule has 0 aliphatic heterocycles. The van der Waals surface area contributed by atoms with E-state index in [2.05, 4.69) is 0 Å². The van der Waals surface area contributed by atoms with Crippen molar-refractivity contribution in [3.05, 3.63) is 154 Å². The molecule has 0 saturated heterocycles. The van der Waals surface area contributed by atoms with E-state index in [0.717, 1.165) is 23.6 Å². The minimum absolute atomic E-state index is 0.0190. The van der Waals surface area contributed by atoms with Crippen LogP contribution in [-0.2, 0) is 37.9 Å². The van der Waals surface area contributed by atoms with E-state index < -0.39 is 5.97 Å². The molecular formula is C55H64O16. The number of benzene rings is 5. The van der Waals surface area contributed by atoms with Crippen LogP contribution in [-0.4, -0.2) is 128 Å². The summed E-state index contributed by atoms with van der Waals surface area (Å²) in [5.41, 5.74) is 4.25. The van der Waals surface area contributed by atoms with Crippen LogP contribution in [0.3, 0.4) is 0 Å². The van der Waals surface area contributed by atoms with Crippen molar-refractivity contribution in [2.45, 2.75) is 47.0 Å². The maximum Gasteiger partial charge on any atom is 0.338 e. The van der Waals surface area contributed by atoms with Crippen molar-refractivity contribution < 1.29 is 76.3 Å². The van der Waals surface area contributed by atoms with E-state index in [-0.39, 0.29) is 54.3 Å². The van der Waals surface area contributed by atoms with Crippen LogP contribution in [0.5, 0.6) is 0 Å². The molecule has 0 spiro atoms. The van der Waals surface area contributed by atoms with Gasteiger partial charge in [-0.2, -0.15) is 0 Å². The van der Waals surface area contributed by atoms with E-state index in [9.17, 15) is 38.4 Å². The van der Waals surface area contributed by atoms with Crippen LogP contribution in [0.4, 0.5) is 0 Å². The Bertz CT molecular complexity index is 2480. The minimum atomic E-state index is -0.410. The van der Waals surface area contributed by atoms with E-state index in [0.29, 0.717) is 90.6 Å². The fourth-order valence-corrected chi connectivity index (χ4v) is 5.76. The summed E-state index contributed by atoms with van der Waals surface area (Å²) < 4.78 is 39.4. The van der Waals surface area contributed by atoms with Gasteiger partial charge in [-0.25, -0.2) is 19.2 Å². The van der Waals surface area contributed by atoms with E-state index in [1.807, 2.05) is 18.2 Å². The van der Waals surface area contributed by atoms with Crippen molar-refractivity contribution in [3.8, 4) is 0 Å². The normalized spacial score (nSPS) is 10.1. The van der Waals surface area contributed by atoms with E-state index in [4.69, 9.17) is 37.9 Å². The smallest absolute Gasteiger partial charge is 0.338 e. The highest BCUT2D eigenvalue weighted by Crippen LogP contribution is 2.19. The molecule has 16 heteroatoms. The first-order chi connectivity index (χ1) is 34.1. The van der Waals surface area contributed by atoms with Gasteiger partial charge in [-0.05, 0) is 106 Å². The molecule has 0 amide bonds. The average molecular weight is 981 g/mol. The number of ketones is 4. The lowest BCUT2D eigenvalue weighted by Crippen LogP contribution is -2.10. The molecule has 0 N–H and O–H groups in total. The second-order valence-electron chi connectivity index (χ2n) is 15.3. The maximum absolute atomic E-state index is 11.8. The van der Waals surface area contributed by atoms with Gasteiger partial charge in [-0.15, -0.1) is 0 Å². The zero-order valence-electron chi connectivity index (χ0n) is 41.7. The highest BCUT2D eigenvalue weighted by molar-refractivity contribution is 6.01. The van der Waals surface area contributed by atoms with Gasteiger partial charge in [0.15, 0.2) is 23.1 Å². The molecule has 16 nitrogen and oxygen atoms in total. The largest absolute Gasteiger partial charge is 0.462 e. The summed E-state index contributed by atoms with van der Waals surface area (Å²) in [4.78, 5) is 90.8. The third-order valence-corrected chi connectivity index (χ3v) is 9.81. The van der Waals surface area contributed by atoms with Crippen molar-refractivity contribution >= 4 is 57.8 Å². The van der Waals surface area contributed by atoms with Gasteiger partial charge in [0.2, 0.25) is 0 Å². The van der Waals surface area contributed by atoms with Gasteiger partial charge < -0.3 is 37.9 Å². The molecule has 5 rings (SSSR count). The fourth-order valence-electron chi connectivity index (χ4n) is 5.76. The fraction of sp³-hybridized carbons (Fsp3) is 0.345. The Morgan fingerprint density at radius 3 is 0.887 bits per heavy atom. The molecule has 380 valence electrons. The first-order valence-corrected chi connectivity index (χ1v) is 22.6. The number of carbonyl (C=O) groups excluding carboxylic acids is 8. The monoisotopic (exact) mass is 980 g/mol. The number of rotatable bonds is 23. The summed E-state index contributed by atoms with van der Waals surface area (Å²) >= 11 is 0. The molecule has 5 aromatic carbocycles. The van der Waals surface area contributed by atoms with Crippen molar-refractivity contribution in [1.29, 1.82) is 0 Å². The molecule has 0 radical (unpaired) electrons. The number of ether oxygens (including phenoxy) is 8. The van der Waals surface area contributed by atoms with Gasteiger partial charge in [0, 0.05) is 70.3 Å². The van der Waals surface area contributed by atoms with Crippen LogP contribution in [0.2, 0.25) is 0 Å². The van der Waals surface area contributed by atoms with Crippen molar-refractivity contribution in [2.75, 3.05) is 81.3 Å². The summed E-state index contributed by atoms with van der Waals surface area (Å²) in [6, 6.07) is 29.9. The minimum Gasteiger partial charge on any atom is -0.462 e. The Morgan fingerprint density at radius 1 is 0.282 bits per heavy atom. The molecular weight excluding hydrogens is 917 g/mol. The Hall–Kier alpha value is -7.24. The van der Waals surface area contributed by atoms with Gasteiger partial charge in [0.1, 0.15) is 13.2 Å². The SMILES string of the molecule is COCCCCOC(=O)c1ccc(C(C)=O)cc1.COCCCOC(=O)c1ccc(C(C)=O)cc1.COCCOC(=O)c1ccc(C(C)=O)cc1.COCCOC(=O)c1ccc2cc(C(C)=O)ccc2c1. The van der Waals surface area contributed by atoms with Crippen LogP contribution < -0.4 is 0 Å². The number of esters is 4. The van der Waals surface area contributed by atoms with Crippen molar-refractivity contribution in [1.82, 2.24) is 0 Å². The summed E-state index contributed by atoms with van der Waals surface area (Å²) in [5, 5.41) is 1.82. The highest BCUT2D eigenvalue weighted by Gasteiger charge is 2.12. The molecule has 0 aliphatic carbocycles. The number of fused-ring (bicyclic) bond motifs is 1. The molecule has 71 heavy (non-hydrogen) atoms. The molecule has 0 fully saturated rings. The molecule has 5 aromatic rings. The van der Waals surface area contributed by atoms with Gasteiger partial charge >= 0.3 is 23.9 Å². The summed E-state index contributed by atoms with van der Waals surface area (Å²) in [7, 11) is 6.33. The zero-order valence-corrected chi connectivity index (χ0v) is 41.7. The van der Waals surface area contributed by atoms with Crippen molar-refractivity contribution in [3.63, 3.8) is 0 Å². The molecule has 0 heterocycles. The van der Waals surface area contributed by atoms with Crippen LogP contribution in [0, 0.1) is 0 Å². The Morgan fingerprint density at radius 2 is 0.535 bits per heavy atom. The van der Waals surface area contributed by atoms with Crippen LogP contribution in [0.1, 0.15) is 130 Å². The number of hydrogen-bond donors (Lipinski definition) is 0. The Labute approximate surface area is 414 Å². The van der Waals surface area contributed by atoms with Gasteiger partial charge in [-0.3, -0.25) is 19.2 Å². The molecule has 0 aromatic heterocycles. The number of methoxy groups -OCH3 is 4. The second kappa shape index (κ2) is 34.1. The third kappa shape index (κ3) is 23.3. The summed E-state index contributed by atoms with van der Waals surface area (Å²) in [6.45, 7) is 9.15. The molecule has 0 atom stereocenters. The van der Waals surface area contributed by atoms with Crippen LogP contribution in [0.25, 0.3) is 10.8 Å². The lowest BCUT2D eigenvalue weighted by molar-refractivity contribution is 0.0381. The van der Waals surface area contributed by atoms with Crippen LogP contribution in [0.15, 0.2) is 109 Å². The van der Waals surface area contributed by atoms with Gasteiger partial charge in [0.25, 0.3) is 0 Å². The van der Waals surface area contributed by atoms with Gasteiger partial charge in [-0.1, -0.05) is 54.6 Å². The number of unbranched alkanes of at least 4 members (excludes halogenated alkanes) is 1. The van der Waals surface area contributed by atoms with Crippen molar-refractivity contribution in [2.24, 2.45) is 0 Å². The number of hydrogen-bond acceptors (Lipinski definition) is 16. The highest BCUT2D eigenvalue weighted by atomic mass is 16.6. The number of Topliss-reactive ketones (excluding diaryl/α,β-unsaturated/α-hetero) is 4. The standard InChI is InChI=1S/C16H16O4.C14H18O4.C13H16O4.C12H14O4/c1-11(17)12-3-4-14-10-15(6-5-13(14)9-12)16(18)20-8-7-19-2;1-11(15)12-5-7-13(8-6-12)14(16)18-10-4-3-9-17-2;1-10(14)11-4-6-12(7-5-11)13(15)17-9-3-8-16-2;1-9(13)10-3-5-11(6-4-10)12(14)16-8-7-15-2/h3-6,9-10H,7-8H2,1-2H3;5-8H,3-4,9-10H2,1-2H3;4-7H,3,8-9H2,1-2H3;3-6H,7-8H2,1-2H3. The van der Waals surface area contributed by atoms with E-state index in [1.54, 1.807) is 112 Å². The zero-order chi connectivity index (χ0) is 52.6. The molecule has 0 aliphatic rings. The average Bonchev–Trinajstić information content (AvgIpc) is 3.37. The quantitative estimate of drug-likeness (QED) is 0.0258. The number of carbonyl (C=O) groups is 8. The predicted molar refractivity (Wildman–Crippen MR) is 266 cm³/mol. The first-order valence-electron chi connectivity index (χ1n) is 22.6. The summed E-state index contributed by atoms with van der Waals surface area (Å²) in [5.74, 6) is -1.57. The maximum atomic E-state index is 11.8. The third-order valence-electron chi connectivity index (χ3n) is 9.81. The summed E-state index contributed by atoms with van der Waals surface area (Å²) in [6.07, 6.45) is 2.33.